The molecule has 2 heterocycles. The summed E-state index contributed by atoms with van der Waals surface area (Å²) in [6.45, 7) is 4.51. The van der Waals surface area contributed by atoms with Crippen LogP contribution in [0.1, 0.15) is 44.6 Å². The Hall–Kier alpha value is -1.31. The van der Waals surface area contributed by atoms with Crippen molar-refractivity contribution in [2.45, 2.75) is 39.0 Å². The summed E-state index contributed by atoms with van der Waals surface area (Å²) < 4.78 is 0. The molecular weight excluding hydrogens is 184 g/mol. The van der Waals surface area contributed by atoms with Crippen LogP contribution in [0, 0.1) is 0 Å². The van der Waals surface area contributed by atoms with Crippen molar-refractivity contribution in [1.29, 1.82) is 0 Å². The lowest BCUT2D eigenvalue weighted by atomic mass is 9.92. The number of nitrogens with one attached hydrogen (secondary N) is 1. The van der Waals surface area contributed by atoms with Gasteiger partial charge in [0.05, 0.1) is 0 Å². The third-order valence-electron chi connectivity index (χ3n) is 3.05. The Bertz CT molecular complexity index is 431. The van der Waals surface area contributed by atoms with E-state index < -0.39 is 0 Å². The van der Waals surface area contributed by atoms with Crippen molar-refractivity contribution >= 4 is 11.0 Å². The van der Waals surface area contributed by atoms with Crippen LogP contribution >= 0.6 is 0 Å². The number of rotatable bonds is 4. The molecule has 0 saturated heterocycles. The molecule has 2 rings (SSSR count). The van der Waals surface area contributed by atoms with Gasteiger partial charge in [-0.25, -0.2) is 4.98 Å². The summed E-state index contributed by atoms with van der Waals surface area (Å²) in [7, 11) is 0. The zero-order chi connectivity index (χ0) is 10.7. The Balaban J connectivity index is 2.41. The van der Waals surface area contributed by atoms with E-state index >= 15 is 0 Å². The fourth-order valence-electron chi connectivity index (χ4n) is 2.24. The molecule has 80 valence electrons. The van der Waals surface area contributed by atoms with Gasteiger partial charge in [0.15, 0.2) is 0 Å². The normalized spacial score (nSPS) is 13.2. The molecule has 2 heteroatoms. The minimum atomic E-state index is 0.674. The van der Waals surface area contributed by atoms with Crippen LogP contribution in [-0.4, -0.2) is 9.97 Å². The van der Waals surface area contributed by atoms with E-state index in [0.29, 0.717) is 5.92 Å². The van der Waals surface area contributed by atoms with Gasteiger partial charge in [-0.05, 0) is 36.5 Å². The van der Waals surface area contributed by atoms with Gasteiger partial charge in [-0.1, -0.05) is 20.3 Å². The molecule has 0 spiro atoms. The molecule has 0 aliphatic carbocycles. The highest BCUT2D eigenvalue weighted by Gasteiger charge is 2.13. The zero-order valence-electron chi connectivity index (χ0n) is 9.46. The highest BCUT2D eigenvalue weighted by Crippen LogP contribution is 2.30. The molecule has 1 N–H and O–H groups in total. The molecule has 0 aromatic carbocycles. The SMILES string of the molecule is CCCC(CC)c1c[nH]c2ncccc12. The van der Waals surface area contributed by atoms with Crippen molar-refractivity contribution in [3.8, 4) is 0 Å². The van der Waals surface area contributed by atoms with Crippen LogP contribution in [0.5, 0.6) is 0 Å². The summed E-state index contributed by atoms with van der Waals surface area (Å²) in [6, 6.07) is 4.17. The molecule has 0 radical (unpaired) electrons. The van der Waals surface area contributed by atoms with Crippen LogP contribution < -0.4 is 0 Å². The maximum absolute atomic E-state index is 4.32. The van der Waals surface area contributed by atoms with Crippen LogP contribution in [0.4, 0.5) is 0 Å². The van der Waals surface area contributed by atoms with E-state index in [1.807, 2.05) is 12.3 Å². The van der Waals surface area contributed by atoms with Crippen molar-refractivity contribution < 1.29 is 0 Å². The maximum Gasteiger partial charge on any atom is 0.137 e. The topological polar surface area (TPSA) is 28.7 Å². The lowest BCUT2D eigenvalue weighted by molar-refractivity contribution is 0.599. The average molecular weight is 202 g/mol. The van der Waals surface area contributed by atoms with E-state index in [9.17, 15) is 0 Å². The van der Waals surface area contributed by atoms with Crippen LogP contribution in [0.15, 0.2) is 24.5 Å². The molecule has 0 saturated carbocycles. The largest absolute Gasteiger partial charge is 0.346 e. The fraction of sp³-hybridized carbons (Fsp3) is 0.462. The summed E-state index contributed by atoms with van der Waals surface area (Å²) in [6.07, 6.45) is 7.67. The molecule has 1 unspecified atom stereocenters. The fourth-order valence-corrected chi connectivity index (χ4v) is 2.24. The van der Waals surface area contributed by atoms with Crippen molar-refractivity contribution in [3.05, 3.63) is 30.1 Å². The number of aromatic amines is 1. The molecule has 0 aliphatic heterocycles. The zero-order valence-corrected chi connectivity index (χ0v) is 9.46. The van der Waals surface area contributed by atoms with Crippen LogP contribution in [0.3, 0.4) is 0 Å². The highest BCUT2D eigenvalue weighted by molar-refractivity contribution is 5.80. The van der Waals surface area contributed by atoms with Gasteiger partial charge in [-0.15, -0.1) is 0 Å². The van der Waals surface area contributed by atoms with E-state index in [1.54, 1.807) is 0 Å². The van der Waals surface area contributed by atoms with E-state index in [4.69, 9.17) is 0 Å². The number of H-pyrrole nitrogens is 1. The molecule has 1 atom stereocenters. The minimum Gasteiger partial charge on any atom is -0.346 e. The van der Waals surface area contributed by atoms with Crippen molar-refractivity contribution in [1.82, 2.24) is 9.97 Å². The third kappa shape index (κ3) is 1.89. The van der Waals surface area contributed by atoms with Gasteiger partial charge in [0, 0.05) is 17.8 Å². The molecule has 0 amide bonds. The smallest absolute Gasteiger partial charge is 0.137 e. The molecule has 2 aromatic heterocycles. The average Bonchev–Trinajstić information content (AvgIpc) is 2.70. The van der Waals surface area contributed by atoms with Crippen molar-refractivity contribution in [2.75, 3.05) is 0 Å². The lowest BCUT2D eigenvalue weighted by Crippen LogP contribution is -1.95. The number of hydrogen-bond donors (Lipinski definition) is 1. The predicted molar refractivity (Wildman–Crippen MR) is 64.0 cm³/mol. The van der Waals surface area contributed by atoms with Gasteiger partial charge in [0.2, 0.25) is 0 Å². The van der Waals surface area contributed by atoms with Crippen LogP contribution in [0.2, 0.25) is 0 Å². The standard InChI is InChI=1S/C13H18N2/c1-3-6-10(4-2)12-9-15-13-11(12)7-5-8-14-13/h5,7-10H,3-4,6H2,1-2H3,(H,14,15). The molecule has 0 aliphatic rings. The minimum absolute atomic E-state index is 0.674. The summed E-state index contributed by atoms with van der Waals surface area (Å²) in [5.74, 6) is 0.674. The van der Waals surface area contributed by atoms with Gasteiger partial charge in [-0.3, -0.25) is 0 Å². The summed E-state index contributed by atoms with van der Waals surface area (Å²) >= 11 is 0. The summed E-state index contributed by atoms with van der Waals surface area (Å²) in [4.78, 5) is 7.57. The summed E-state index contributed by atoms with van der Waals surface area (Å²) in [5, 5.41) is 1.29. The van der Waals surface area contributed by atoms with E-state index in [1.165, 1.54) is 30.2 Å². The number of nitrogens with zero attached hydrogens (tertiary/aromatic N) is 1. The quantitative estimate of drug-likeness (QED) is 0.801. The number of hydrogen-bond acceptors (Lipinski definition) is 1. The number of aromatic nitrogens is 2. The molecule has 2 aromatic rings. The molecular formula is C13H18N2. The first-order valence-electron chi connectivity index (χ1n) is 5.78. The first-order chi connectivity index (χ1) is 7.36. The molecule has 2 nitrogen and oxygen atoms in total. The molecule has 0 bridgehead atoms. The van der Waals surface area contributed by atoms with E-state index in [0.717, 1.165) is 5.65 Å². The Morgan fingerprint density at radius 1 is 1.40 bits per heavy atom. The van der Waals surface area contributed by atoms with E-state index in [-0.39, 0.29) is 0 Å². The molecule has 15 heavy (non-hydrogen) atoms. The van der Waals surface area contributed by atoms with Crippen LogP contribution in [-0.2, 0) is 0 Å². The number of fused-ring (bicyclic) bond motifs is 1. The Morgan fingerprint density at radius 2 is 2.27 bits per heavy atom. The Morgan fingerprint density at radius 3 is 3.00 bits per heavy atom. The number of pyridine rings is 1. The Kier molecular flexibility index (Phi) is 3.05. The highest BCUT2D eigenvalue weighted by atomic mass is 14.8. The van der Waals surface area contributed by atoms with Gasteiger partial charge < -0.3 is 4.98 Å². The van der Waals surface area contributed by atoms with E-state index in [2.05, 4.69) is 36.1 Å². The second-order valence-corrected chi connectivity index (χ2v) is 4.04. The predicted octanol–water partition coefficient (Wildman–Crippen LogP) is 3.86. The second kappa shape index (κ2) is 4.47. The van der Waals surface area contributed by atoms with Gasteiger partial charge >= 0.3 is 0 Å². The second-order valence-electron chi connectivity index (χ2n) is 4.04. The summed E-state index contributed by atoms with van der Waals surface area (Å²) in [5.41, 5.74) is 2.45. The van der Waals surface area contributed by atoms with Crippen molar-refractivity contribution in [2.24, 2.45) is 0 Å². The lowest BCUT2D eigenvalue weighted by Gasteiger charge is -2.12. The molecule has 0 fully saturated rings. The monoisotopic (exact) mass is 202 g/mol. The van der Waals surface area contributed by atoms with Gasteiger partial charge in [0.1, 0.15) is 5.65 Å². The first kappa shape index (κ1) is 10.2. The first-order valence-corrected chi connectivity index (χ1v) is 5.78. The van der Waals surface area contributed by atoms with Gasteiger partial charge in [0.25, 0.3) is 0 Å². The van der Waals surface area contributed by atoms with Crippen LogP contribution in [0.25, 0.3) is 11.0 Å². The van der Waals surface area contributed by atoms with Gasteiger partial charge in [-0.2, -0.15) is 0 Å². The Labute approximate surface area is 90.7 Å². The third-order valence-corrected chi connectivity index (χ3v) is 3.05. The van der Waals surface area contributed by atoms with Crippen molar-refractivity contribution in [3.63, 3.8) is 0 Å². The maximum atomic E-state index is 4.32.